The van der Waals surface area contributed by atoms with Gasteiger partial charge in [-0.25, -0.2) is 9.97 Å². The van der Waals surface area contributed by atoms with Crippen molar-refractivity contribution in [1.82, 2.24) is 24.7 Å². The molecule has 4 aromatic rings. The van der Waals surface area contributed by atoms with Gasteiger partial charge in [-0.2, -0.15) is 0 Å². The molecule has 0 aliphatic rings. The molecule has 4 rings (SSSR count). The molecule has 0 spiro atoms. The number of carbonyl (C=O) groups is 1. The molecule has 0 aliphatic carbocycles. The number of hydrogen-bond donors (Lipinski definition) is 2. The summed E-state index contributed by atoms with van der Waals surface area (Å²) < 4.78 is 1.79. The third-order valence-electron chi connectivity index (χ3n) is 4.03. The van der Waals surface area contributed by atoms with Gasteiger partial charge in [0.1, 0.15) is 5.69 Å². The SMILES string of the molecule is CC(NC(=O)c1cn2c(nc3ccccc32)c(N)n1)c1ccccn1. The maximum atomic E-state index is 12.6. The lowest BCUT2D eigenvalue weighted by molar-refractivity contribution is 0.0933. The summed E-state index contributed by atoms with van der Waals surface area (Å²) in [5.74, 6) is -0.0983. The van der Waals surface area contributed by atoms with Gasteiger partial charge in [0.2, 0.25) is 0 Å². The van der Waals surface area contributed by atoms with Crippen LogP contribution in [0.4, 0.5) is 5.82 Å². The van der Waals surface area contributed by atoms with Gasteiger partial charge in [-0.3, -0.25) is 14.2 Å². The third-order valence-corrected chi connectivity index (χ3v) is 4.03. The topological polar surface area (TPSA) is 98.2 Å². The summed E-state index contributed by atoms with van der Waals surface area (Å²) in [4.78, 5) is 25.5. The summed E-state index contributed by atoms with van der Waals surface area (Å²) in [6.45, 7) is 1.87. The molecular formula is C18H16N6O. The Morgan fingerprint density at radius 2 is 1.96 bits per heavy atom. The van der Waals surface area contributed by atoms with Gasteiger partial charge >= 0.3 is 0 Å². The van der Waals surface area contributed by atoms with Crippen LogP contribution in [0.1, 0.15) is 29.1 Å². The van der Waals surface area contributed by atoms with Gasteiger partial charge in [0.15, 0.2) is 11.5 Å². The predicted octanol–water partition coefficient (Wildman–Crippen LogP) is 2.35. The molecule has 3 heterocycles. The van der Waals surface area contributed by atoms with Crippen LogP contribution in [0.15, 0.2) is 54.9 Å². The van der Waals surface area contributed by atoms with Gasteiger partial charge < -0.3 is 11.1 Å². The summed E-state index contributed by atoms with van der Waals surface area (Å²) in [6, 6.07) is 13.0. The number of benzene rings is 1. The van der Waals surface area contributed by atoms with E-state index in [2.05, 4.69) is 20.3 Å². The van der Waals surface area contributed by atoms with Crippen molar-refractivity contribution in [1.29, 1.82) is 0 Å². The number of para-hydroxylation sites is 2. The number of anilines is 1. The molecule has 1 unspecified atom stereocenters. The average Bonchev–Trinajstić information content (AvgIpc) is 3.02. The zero-order valence-corrected chi connectivity index (χ0v) is 13.5. The first-order valence-electron chi connectivity index (χ1n) is 7.88. The quantitative estimate of drug-likeness (QED) is 0.600. The van der Waals surface area contributed by atoms with E-state index in [4.69, 9.17) is 5.73 Å². The summed E-state index contributed by atoms with van der Waals surface area (Å²) in [5.41, 5.74) is 9.23. The second-order valence-corrected chi connectivity index (χ2v) is 5.76. The largest absolute Gasteiger partial charge is 0.381 e. The van der Waals surface area contributed by atoms with E-state index in [-0.39, 0.29) is 23.5 Å². The fourth-order valence-corrected chi connectivity index (χ4v) is 2.77. The highest BCUT2D eigenvalue weighted by molar-refractivity contribution is 5.94. The average molecular weight is 332 g/mol. The number of amides is 1. The van der Waals surface area contributed by atoms with Crippen molar-refractivity contribution < 1.29 is 4.79 Å². The Morgan fingerprint density at radius 1 is 1.16 bits per heavy atom. The summed E-state index contributed by atoms with van der Waals surface area (Å²) in [6.07, 6.45) is 3.35. The number of aromatic nitrogens is 4. The number of fused-ring (bicyclic) bond motifs is 3. The molecule has 0 saturated heterocycles. The highest BCUT2D eigenvalue weighted by Crippen LogP contribution is 2.20. The molecule has 0 bridgehead atoms. The van der Waals surface area contributed by atoms with E-state index in [0.717, 1.165) is 16.7 Å². The van der Waals surface area contributed by atoms with Crippen molar-refractivity contribution in [3.63, 3.8) is 0 Å². The van der Waals surface area contributed by atoms with Crippen molar-refractivity contribution >= 4 is 28.4 Å². The van der Waals surface area contributed by atoms with Crippen LogP contribution < -0.4 is 11.1 Å². The Morgan fingerprint density at radius 3 is 2.76 bits per heavy atom. The van der Waals surface area contributed by atoms with Crippen molar-refractivity contribution in [3.05, 3.63) is 66.2 Å². The Hall–Kier alpha value is -3.48. The van der Waals surface area contributed by atoms with E-state index in [9.17, 15) is 4.79 Å². The molecule has 0 radical (unpaired) electrons. The van der Waals surface area contributed by atoms with Crippen LogP contribution in [0.25, 0.3) is 16.7 Å². The number of rotatable bonds is 3. The Kier molecular flexibility index (Phi) is 3.53. The van der Waals surface area contributed by atoms with E-state index in [1.54, 1.807) is 16.8 Å². The zero-order chi connectivity index (χ0) is 17.4. The maximum absolute atomic E-state index is 12.6. The number of imidazole rings is 1. The van der Waals surface area contributed by atoms with E-state index in [1.165, 1.54) is 0 Å². The van der Waals surface area contributed by atoms with Gasteiger partial charge in [-0.1, -0.05) is 18.2 Å². The lowest BCUT2D eigenvalue weighted by Gasteiger charge is -2.13. The third kappa shape index (κ3) is 2.65. The molecule has 1 atom stereocenters. The minimum absolute atomic E-state index is 0.217. The standard InChI is InChI=1S/C18H16N6O/c1-11(12-6-4-5-9-20-12)21-18(25)14-10-24-15-8-3-2-7-13(15)23-17(24)16(19)22-14/h2-11H,1H3,(H2,19,22)(H,21,25). The van der Waals surface area contributed by atoms with Gasteiger partial charge in [0.25, 0.3) is 5.91 Å². The second-order valence-electron chi connectivity index (χ2n) is 5.76. The summed E-state index contributed by atoms with van der Waals surface area (Å²) >= 11 is 0. The summed E-state index contributed by atoms with van der Waals surface area (Å²) in [5, 5.41) is 2.89. The van der Waals surface area contributed by atoms with E-state index in [0.29, 0.717) is 5.65 Å². The Balaban J connectivity index is 1.71. The lowest BCUT2D eigenvalue weighted by atomic mass is 10.2. The Labute approximate surface area is 143 Å². The van der Waals surface area contributed by atoms with Crippen LogP contribution in [0.5, 0.6) is 0 Å². The van der Waals surface area contributed by atoms with Gasteiger partial charge in [-0.05, 0) is 31.2 Å². The van der Waals surface area contributed by atoms with Crippen molar-refractivity contribution in [2.75, 3.05) is 5.73 Å². The highest BCUT2D eigenvalue weighted by atomic mass is 16.1. The molecule has 0 aliphatic heterocycles. The van der Waals surface area contributed by atoms with E-state index >= 15 is 0 Å². The number of hydrogen-bond acceptors (Lipinski definition) is 5. The molecule has 0 saturated carbocycles. The van der Waals surface area contributed by atoms with Crippen LogP contribution in [-0.4, -0.2) is 25.3 Å². The monoisotopic (exact) mass is 332 g/mol. The van der Waals surface area contributed by atoms with Gasteiger partial charge in [0.05, 0.1) is 22.8 Å². The molecule has 3 aromatic heterocycles. The first-order valence-corrected chi connectivity index (χ1v) is 7.88. The van der Waals surface area contributed by atoms with Gasteiger partial charge in [-0.15, -0.1) is 0 Å². The number of pyridine rings is 1. The predicted molar refractivity (Wildman–Crippen MR) is 95.0 cm³/mol. The first-order chi connectivity index (χ1) is 12.1. The number of carbonyl (C=O) groups excluding carboxylic acids is 1. The van der Waals surface area contributed by atoms with Crippen LogP contribution in [0.3, 0.4) is 0 Å². The van der Waals surface area contributed by atoms with Crippen molar-refractivity contribution in [2.45, 2.75) is 13.0 Å². The highest BCUT2D eigenvalue weighted by Gasteiger charge is 2.17. The fourth-order valence-electron chi connectivity index (χ4n) is 2.77. The van der Waals surface area contributed by atoms with Gasteiger partial charge in [0, 0.05) is 12.4 Å². The number of nitrogen functional groups attached to an aromatic ring is 1. The molecule has 3 N–H and O–H groups in total. The molecular weight excluding hydrogens is 316 g/mol. The van der Waals surface area contributed by atoms with Crippen LogP contribution in [-0.2, 0) is 0 Å². The maximum Gasteiger partial charge on any atom is 0.272 e. The smallest absolute Gasteiger partial charge is 0.272 e. The molecule has 25 heavy (non-hydrogen) atoms. The molecule has 124 valence electrons. The van der Waals surface area contributed by atoms with E-state index < -0.39 is 0 Å². The normalized spacial score (nSPS) is 12.4. The van der Waals surface area contributed by atoms with Crippen LogP contribution >= 0.6 is 0 Å². The first kappa shape index (κ1) is 15.1. The number of nitrogens with zero attached hydrogens (tertiary/aromatic N) is 4. The molecule has 1 amide bonds. The molecule has 7 nitrogen and oxygen atoms in total. The van der Waals surface area contributed by atoms with Crippen LogP contribution in [0, 0.1) is 0 Å². The zero-order valence-electron chi connectivity index (χ0n) is 13.5. The lowest BCUT2D eigenvalue weighted by Crippen LogP contribution is -2.28. The summed E-state index contributed by atoms with van der Waals surface area (Å²) in [7, 11) is 0. The minimum Gasteiger partial charge on any atom is -0.381 e. The van der Waals surface area contributed by atoms with E-state index in [1.807, 2.05) is 49.4 Å². The van der Waals surface area contributed by atoms with Crippen molar-refractivity contribution in [2.24, 2.45) is 0 Å². The van der Waals surface area contributed by atoms with Crippen LogP contribution in [0.2, 0.25) is 0 Å². The molecule has 0 fully saturated rings. The Bertz CT molecular complexity index is 1070. The second kappa shape index (κ2) is 5.86. The number of nitrogens with one attached hydrogen (secondary N) is 1. The van der Waals surface area contributed by atoms with Crippen molar-refractivity contribution in [3.8, 4) is 0 Å². The molecule has 7 heteroatoms. The molecule has 1 aromatic carbocycles. The fraction of sp³-hybridized carbons (Fsp3) is 0.111. The minimum atomic E-state index is -0.315. The number of nitrogens with two attached hydrogens (primary N) is 1.